The number of hydrogen-bond acceptors (Lipinski definition) is 2. The van der Waals surface area contributed by atoms with E-state index in [4.69, 9.17) is 16.0 Å². The second kappa shape index (κ2) is 2.72. The average Bonchev–Trinajstić information content (AvgIpc) is 2.65. The summed E-state index contributed by atoms with van der Waals surface area (Å²) in [7, 11) is 0. The highest BCUT2D eigenvalue weighted by Gasteiger charge is 2.03. The average molecular weight is 204 g/mol. The van der Waals surface area contributed by atoms with Crippen LogP contribution in [0.5, 0.6) is 0 Å². The summed E-state index contributed by atoms with van der Waals surface area (Å²) in [5.74, 6) is 0. The van der Waals surface area contributed by atoms with Crippen molar-refractivity contribution in [3.05, 3.63) is 41.7 Å². The van der Waals surface area contributed by atoms with Gasteiger partial charge in [0.1, 0.15) is 5.52 Å². The Balaban J connectivity index is 2.57. The van der Waals surface area contributed by atoms with Crippen LogP contribution in [-0.4, -0.2) is 4.98 Å². The molecule has 0 spiro atoms. The summed E-state index contributed by atoms with van der Waals surface area (Å²) >= 11 is 5.90. The number of aromatic nitrogens is 1. The smallest absolute Gasteiger partial charge is 0.182 e. The topological polar surface area (TPSA) is 26.0 Å². The second-order valence-corrected chi connectivity index (χ2v) is 3.57. The molecular formula is C11H6ClNO. The van der Waals surface area contributed by atoms with Crippen molar-refractivity contribution in [2.75, 3.05) is 0 Å². The molecule has 2 nitrogen and oxygen atoms in total. The summed E-state index contributed by atoms with van der Waals surface area (Å²) in [4.78, 5) is 4.09. The van der Waals surface area contributed by atoms with Crippen LogP contribution in [0.3, 0.4) is 0 Å². The monoisotopic (exact) mass is 203 g/mol. The first kappa shape index (κ1) is 7.83. The number of hydrogen-bond donors (Lipinski definition) is 0. The van der Waals surface area contributed by atoms with Gasteiger partial charge in [0.25, 0.3) is 0 Å². The summed E-state index contributed by atoms with van der Waals surface area (Å²) in [6, 6.07) is 9.64. The number of rotatable bonds is 0. The van der Waals surface area contributed by atoms with Crippen molar-refractivity contribution in [3.63, 3.8) is 0 Å². The first-order chi connectivity index (χ1) is 6.84. The van der Waals surface area contributed by atoms with Gasteiger partial charge in [-0.15, -0.1) is 0 Å². The lowest BCUT2D eigenvalue weighted by molar-refractivity contribution is 0.605. The highest BCUT2D eigenvalue weighted by molar-refractivity contribution is 6.31. The van der Waals surface area contributed by atoms with Gasteiger partial charge in [-0.1, -0.05) is 17.7 Å². The van der Waals surface area contributed by atoms with Crippen molar-refractivity contribution in [1.29, 1.82) is 0 Å². The third-order valence-corrected chi connectivity index (χ3v) is 2.51. The lowest BCUT2D eigenvalue weighted by atomic mass is 10.1. The molecule has 0 amide bonds. The van der Waals surface area contributed by atoms with Crippen molar-refractivity contribution < 1.29 is 4.42 Å². The molecule has 0 fully saturated rings. The number of nitrogens with zero attached hydrogens (tertiary/aromatic N) is 1. The van der Waals surface area contributed by atoms with Crippen molar-refractivity contribution in [2.45, 2.75) is 0 Å². The lowest BCUT2D eigenvalue weighted by Crippen LogP contribution is -1.74. The molecule has 0 saturated heterocycles. The van der Waals surface area contributed by atoms with Gasteiger partial charge in [-0.3, -0.25) is 0 Å². The fraction of sp³-hybridized carbons (Fsp3) is 0. The van der Waals surface area contributed by atoms with E-state index in [-0.39, 0.29) is 0 Å². The van der Waals surface area contributed by atoms with E-state index < -0.39 is 0 Å². The van der Waals surface area contributed by atoms with Crippen LogP contribution in [0.4, 0.5) is 0 Å². The molecule has 68 valence electrons. The van der Waals surface area contributed by atoms with Crippen LogP contribution < -0.4 is 0 Å². The summed E-state index contributed by atoms with van der Waals surface area (Å²) < 4.78 is 5.32. The molecule has 1 heterocycles. The summed E-state index contributed by atoms with van der Waals surface area (Å²) in [5, 5.41) is 2.85. The molecule has 0 unspecified atom stereocenters. The largest absolute Gasteiger partial charge is 0.443 e. The molecule has 3 heteroatoms. The van der Waals surface area contributed by atoms with Crippen LogP contribution in [0.2, 0.25) is 5.02 Å². The van der Waals surface area contributed by atoms with E-state index in [1.807, 2.05) is 30.3 Å². The molecule has 0 bridgehead atoms. The van der Waals surface area contributed by atoms with Crippen molar-refractivity contribution in [1.82, 2.24) is 4.98 Å². The summed E-state index contributed by atoms with van der Waals surface area (Å²) in [5.41, 5.74) is 1.69. The van der Waals surface area contributed by atoms with E-state index in [0.717, 1.165) is 26.9 Å². The molecule has 0 N–H and O–H groups in total. The molecule has 1 aromatic heterocycles. The number of benzene rings is 2. The Hall–Kier alpha value is -1.54. The maximum absolute atomic E-state index is 5.90. The molecule has 3 rings (SSSR count). The third-order valence-electron chi connectivity index (χ3n) is 2.27. The van der Waals surface area contributed by atoms with Crippen LogP contribution in [0.25, 0.3) is 21.9 Å². The van der Waals surface area contributed by atoms with Crippen molar-refractivity contribution in [3.8, 4) is 0 Å². The fourth-order valence-electron chi connectivity index (χ4n) is 1.62. The van der Waals surface area contributed by atoms with Crippen LogP contribution in [-0.2, 0) is 0 Å². The molecule has 2 aromatic carbocycles. The van der Waals surface area contributed by atoms with E-state index in [1.165, 1.54) is 6.39 Å². The zero-order valence-electron chi connectivity index (χ0n) is 7.20. The minimum absolute atomic E-state index is 0.733. The lowest BCUT2D eigenvalue weighted by Gasteiger charge is -1.97. The Morgan fingerprint density at radius 3 is 3.00 bits per heavy atom. The van der Waals surface area contributed by atoms with Gasteiger partial charge < -0.3 is 4.42 Å². The normalized spacial score (nSPS) is 11.2. The molecular weight excluding hydrogens is 198 g/mol. The minimum Gasteiger partial charge on any atom is -0.443 e. The van der Waals surface area contributed by atoms with Gasteiger partial charge >= 0.3 is 0 Å². The molecule has 0 aliphatic rings. The first-order valence-corrected chi connectivity index (χ1v) is 4.64. The molecule has 0 radical (unpaired) electrons. The molecule has 0 aliphatic carbocycles. The zero-order chi connectivity index (χ0) is 9.54. The van der Waals surface area contributed by atoms with Gasteiger partial charge in [-0.05, 0) is 29.7 Å². The van der Waals surface area contributed by atoms with E-state index in [0.29, 0.717) is 0 Å². The Bertz CT molecular complexity index is 615. The van der Waals surface area contributed by atoms with Crippen LogP contribution in [0.1, 0.15) is 0 Å². The highest BCUT2D eigenvalue weighted by atomic mass is 35.5. The van der Waals surface area contributed by atoms with Gasteiger partial charge in [0, 0.05) is 10.4 Å². The molecule has 0 atom stereocenters. The predicted molar refractivity (Wildman–Crippen MR) is 56.5 cm³/mol. The van der Waals surface area contributed by atoms with Gasteiger partial charge in [-0.25, -0.2) is 4.98 Å². The zero-order valence-corrected chi connectivity index (χ0v) is 7.95. The molecule has 0 aliphatic heterocycles. The number of oxazole rings is 1. The molecule has 3 aromatic rings. The Kier molecular flexibility index (Phi) is 1.52. The van der Waals surface area contributed by atoms with E-state index in [9.17, 15) is 0 Å². The summed E-state index contributed by atoms with van der Waals surface area (Å²) in [6.45, 7) is 0. The van der Waals surface area contributed by atoms with Gasteiger partial charge in [-0.2, -0.15) is 0 Å². The molecule has 14 heavy (non-hydrogen) atoms. The summed E-state index contributed by atoms with van der Waals surface area (Å²) in [6.07, 6.45) is 1.46. The fourth-order valence-corrected chi connectivity index (χ4v) is 1.80. The highest BCUT2D eigenvalue weighted by Crippen LogP contribution is 2.26. The van der Waals surface area contributed by atoms with Gasteiger partial charge in [0.2, 0.25) is 0 Å². The van der Waals surface area contributed by atoms with Gasteiger partial charge in [0.05, 0.1) is 0 Å². The Morgan fingerprint density at radius 2 is 2.07 bits per heavy atom. The van der Waals surface area contributed by atoms with Crippen LogP contribution in [0.15, 0.2) is 41.1 Å². The third kappa shape index (κ3) is 1.01. The van der Waals surface area contributed by atoms with E-state index >= 15 is 0 Å². The Labute approximate surface area is 85.1 Å². The van der Waals surface area contributed by atoms with Crippen molar-refractivity contribution >= 4 is 33.5 Å². The quantitative estimate of drug-likeness (QED) is 0.558. The molecule has 0 saturated carbocycles. The standard InChI is InChI=1S/C11H6ClNO/c12-8-2-3-9-7(5-8)1-4-10-11(9)14-6-13-10/h1-6H. The van der Waals surface area contributed by atoms with Crippen LogP contribution >= 0.6 is 11.6 Å². The second-order valence-electron chi connectivity index (χ2n) is 3.13. The van der Waals surface area contributed by atoms with E-state index in [2.05, 4.69) is 4.98 Å². The Morgan fingerprint density at radius 1 is 1.14 bits per heavy atom. The SMILES string of the molecule is Clc1ccc2c(ccc3ncoc32)c1. The maximum Gasteiger partial charge on any atom is 0.182 e. The minimum atomic E-state index is 0.733. The first-order valence-electron chi connectivity index (χ1n) is 4.26. The van der Waals surface area contributed by atoms with Crippen LogP contribution in [0, 0.1) is 0 Å². The maximum atomic E-state index is 5.90. The predicted octanol–water partition coefficient (Wildman–Crippen LogP) is 3.63. The number of fused-ring (bicyclic) bond motifs is 3. The van der Waals surface area contributed by atoms with Gasteiger partial charge in [0.15, 0.2) is 12.0 Å². The number of halogens is 1. The van der Waals surface area contributed by atoms with Crippen molar-refractivity contribution in [2.24, 2.45) is 0 Å². The van der Waals surface area contributed by atoms with E-state index in [1.54, 1.807) is 0 Å².